The van der Waals surface area contributed by atoms with E-state index in [4.69, 9.17) is 4.74 Å². The summed E-state index contributed by atoms with van der Waals surface area (Å²) in [6.07, 6.45) is 0. The number of nitrogens with zero attached hydrogens (tertiary/aromatic N) is 1. The van der Waals surface area contributed by atoms with Crippen molar-refractivity contribution < 1.29 is 14.5 Å². The molecule has 0 bridgehead atoms. The molecule has 92 valence electrons. The maximum absolute atomic E-state index is 11.6. The molecule has 0 fully saturated rings. The molecule has 0 radical (unpaired) electrons. The number of carbonyl (C=O) groups excluding carboxylic acids is 1. The highest BCUT2D eigenvalue weighted by atomic mass is 79.9. The largest absolute Gasteiger partial charge is 0.462 e. The third kappa shape index (κ3) is 3.03. The van der Waals surface area contributed by atoms with Gasteiger partial charge in [0.05, 0.1) is 17.1 Å². The predicted octanol–water partition coefficient (Wildman–Crippen LogP) is 2.97. The van der Waals surface area contributed by atoms with E-state index in [0.29, 0.717) is 16.5 Å². The first kappa shape index (κ1) is 13.6. The number of esters is 1. The van der Waals surface area contributed by atoms with Crippen LogP contribution in [-0.4, -0.2) is 17.5 Å². The van der Waals surface area contributed by atoms with Gasteiger partial charge in [-0.3, -0.25) is 10.1 Å². The lowest BCUT2D eigenvalue weighted by Crippen LogP contribution is -2.08. The summed E-state index contributed by atoms with van der Waals surface area (Å²) in [5, 5.41) is 11.2. The summed E-state index contributed by atoms with van der Waals surface area (Å²) in [5.74, 6) is -0.533. The average molecular weight is 302 g/mol. The summed E-state index contributed by atoms with van der Waals surface area (Å²) in [6.45, 7) is 3.66. The molecule has 1 aromatic rings. The second-order valence-electron chi connectivity index (χ2n) is 3.41. The van der Waals surface area contributed by atoms with Crippen LogP contribution in [0, 0.1) is 17.0 Å². The molecular weight excluding hydrogens is 290 g/mol. The summed E-state index contributed by atoms with van der Waals surface area (Å²) in [4.78, 5) is 21.9. The fourth-order valence-corrected chi connectivity index (χ4v) is 1.91. The van der Waals surface area contributed by atoms with Gasteiger partial charge < -0.3 is 4.74 Å². The summed E-state index contributed by atoms with van der Waals surface area (Å²) in [7, 11) is 0. The van der Waals surface area contributed by atoms with Crippen molar-refractivity contribution >= 4 is 27.6 Å². The first-order valence-electron chi connectivity index (χ1n) is 5.02. The van der Waals surface area contributed by atoms with Crippen molar-refractivity contribution in [1.29, 1.82) is 0 Å². The maximum Gasteiger partial charge on any atom is 0.338 e. The molecule has 5 nitrogen and oxygen atoms in total. The van der Waals surface area contributed by atoms with Gasteiger partial charge in [-0.25, -0.2) is 4.79 Å². The molecule has 0 atom stereocenters. The zero-order valence-corrected chi connectivity index (χ0v) is 11.1. The molecule has 0 aliphatic carbocycles. The van der Waals surface area contributed by atoms with Gasteiger partial charge in [0.2, 0.25) is 0 Å². The van der Waals surface area contributed by atoms with Crippen LogP contribution in [0.15, 0.2) is 12.1 Å². The fraction of sp³-hybridized carbons (Fsp3) is 0.364. The lowest BCUT2D eigenvalue weighted by Gasteiger charge is -2.07. The summed E-state index contributed by atoms with van der Waals surface area (Å²) in [6, 6.07) is 2.89. The van der Waals surface area contributed by atoms with Gasteiger partial charge in [0.25, 0.3) is 5.69 Å². The Kier molecular flexibility index (Phi) is 4.62. The minimum Gasteiger partial charge on any atom is -0.462 e. The first-order chi connectivity index (χ1) is 8.01. The number of nitro groups is 1. The van der Waals surface area contributed by atoms with Crippen LogP contribution in [-0.2, 0) is 10.1 Å². The molecule has 0 aliphatic rings. The minimum atomic E-state index is -0.533. The van der Waals surface area contributed by atoms with Crippen molar-refractivity contribution in [2.75, 3.05) is 6.61 Å². The quantitative estimate of drug-likeness (QED) is 0.371. The van der Waals surface area contributed by atoms with Gasteiger partial charge >= 0.3 is 5.97 Å². The van der Waals surface area contributed by atoms with Crippen molar-refractivity contribution in [3.63, 3.8) is 0 Å². The Hall–Kier alpha value is -1.43. The molecule has 0 heterocycles. The lowest BCUT2D eigenvalue weighted by atomic mass is 10.0. The van der Waals surface area contributed by atoms with Crippen LogP contribution in [0.25, 0.3) is 0 Å². The van der Waals surface area contributed by atoms with Crippen LogP contribution in [0.4, 0.5) is 5.69 Å². The second kappa shape index (κ2) is 5.77. The van der Waals surface area contributed by atoms with Crippen molar-refractivity contribution in [3.05, 3.63) is 38.9 Å². The van der Waals surface area contributed by atoms with Gasteiger partial charge in [0.15, 0.2) is 0 Å². The lowest BCUT2D eigenvalue weighted by molar-refractivity contribution is -0.385. The monoisotopic (exact) mass is 301 g/mol. The highest BCUT2D eigenvalue weighted by molar-refractivity contribution is 9.08. The van der Waals surface area contributed by atoms with Crippen molar-refractivity contribution in [3.8, 4) is 0 Å². The number of hydrogen-bond donors (Lipinski definition) is 0. The van der Waals surface area contributed by atoms with Crippen LogP contribution >= 0.6 is 15.9 Å². The van der Waals surface area contributed by atoms with Crippen LogP contribution in [0.1, 0.15) is 28.4 Å². The SMILES string of the molecule is CCOC(=O)c1cc([N+](=O)[O-])c(CBr)cc1C. The third-order valence-electron chi connectivity index (χ3n) is 2.26. The van der Waals surface area contributed by atoms with Gasteiger partial charge in [-0.1, -0.05) is 15.9 Å². The highest BCUT2D eigenvalue weighted by Gasteiger charge is 2.20. The number of halogens is 1. The number of alkyl halides is 1. The Morgan fingerprint density at radius 3 is 2.65 bits per heavy atom. The van der Waals surface area contributed by atoms with Gasteiger partial charge in [-0.15, -0.1) is 0 Å². The first-order valence-corrected chi connectivity index (χ1v) is 6.14. The normalized spacial score (nSPS) is 10.1. The summed E-state index contributed by atoms with van der Waals surface area (Å²) in [5.41, 5.74) is 1.38. The number of rotatable bonds is 4. The number of ether oxygens (including phenoxy) is 1. The predicted molar refractivity (Wildman–Crippen MR) is 66.4 cm³/mol. The van der Waals surface area contributed by atoms with E-state index in [9.17, 15) is 14.9 Å². The molecule has 0 aromatic heterocycles. The summed E-state index contributed by atoms with van der Waals surface area (Å²) >= 11 is 3.18. The smallest absolute Gasteiger partial charge is 0.338 e. The third-order valence-corrected chi connectivity index (χ3v) is 2.87. The number of aryl methyl sites for hydroxylation is 1. The van der Waals surface area contributed by atoms with Crippen LogP contribution < -0.4 is 0 Å². The Labute approximate surface area is 107 Å². The number of nitro benzene ring substituents is 1. The Bertz CT molecular complexity index is 459. The van der Waals surface area contributed by atoms with Crippen molar-refractivity contribution in [2.45, 2.75) is 19.2 Å². The molecule has 17 heavy (non-hydrogen) atoms. The molecule has 0 amide bonds. The molecular formula is C11H12BrNO4. The topological polar surface area (TPSA) is 69.4 Å². The number of carbonyl (C=O) groups is 1. The Balaban J connectivity index is 3.29. The second-order valence-corrected chi connectivity index (χ2v) is 3.97. The summed E-state index contributed by atoms with van der Waals surface area (Å²) < 4.78 is 4.84. The van der Waals surface area contributed by atoms with E-state index in [1.165, 1.54) is 6.07 Å². The van der Waals surface area contributed by atoms with E-state index in [1.54, 1.807) is 19.9 Å². The van der Waals surface area contributed by atoms with Crippen LogP contribution in [0.3, 0.4) is 0 Å². The molecule has 1 rings (SSSR count). The Morgan fingerprint density at radius 2 is 2.18 bits per heavy atom. The van der Waals surface area contributed by atoms with Gasteiger partial charge in [-0.05, 0) is 25.5 Å². The van der Waals surface area contributed by atoms with Crippen molar-refractivity contribution in [1.82, 2.24) is 0 Å². The van der Waals surface area contributed by atoms with Crippen molar-refractivity contribution in [2.24, 2.45) is 0 Å². The van der Waals surface area contributed by atoms with E-state index >= 15 is 0 Å². The molecule has 0 unspecified atom stereocenters. The maximum atomic E-state index is 11.6. The number of benzene rings is 1. The molecule has 0 saturated heterocycles. The zero-order chi connectivity index (χ0) is 13.0. The van der Waals surface area contributed by atoms with Gasteiger partial charge in [0, 0.05) is 17.0 Å². The molecule has 0 N–H and O–H groups in total. The van der Waals surface area contributed by atoms with E-state index < -0.39 is 10.9 Å². The van der Waals surface area contributed by atoms with Gasteiger partial charge in [-0.2, -0.15) is 0 Å². The standard InChI is InChI=1S/C11H12BrNO4/c1-3-17-11(14)9-5-10(13(15)16)8(6-12)4-7(9)2/h4-5H,3,6H2,1-2H3. The van der Waals surface area contributed by atoms with E-state index in [1.807, 2.05) is 0 Å². The van der Waals surface area contributed by atoms with E-state index in [-0.39, 0.29) is 17.9 Å². The molecule has 6 heteroatoms. The highest BCUT2D eigenvalue weighted by Crippen LogP contribution is 2.25. The fourth-order valence-electron chi connectivity index (χ4n) is 1.46. The molecule has 0 spiro atoms. The molecule has 1 aromatic carbocycles. The zero-order valence-electron chi connectivity index (χ0n) is 9.53. The minimum absolute atomic E-state index is 0.0736. The van der Waals surface area contributed by atoms with Crippen LogP contribution in [0.5, 0.6) is 0 Å². The van der Waals surface area contributed by atoms with E-state index in [0.717, 1.165) is 0 Å². The van der Waals surface area contributed by atoms with Crippen LogP contribution in [0.2, 0.25) is 0 Å². The molecule has 0 aliphatic heterocycles. The Morgan fingerprint density at radius 1 is 1.53 bits per heavy atom. The van der Waals surface area contributed by atoms with Gasteiger partial charge in [0.1, 0.15) is 0 Å². The molecule has 0 saturated carbocycles. The number of hydrogen-bond acceptors (Lipinski definition) is 4. The van der Waals surface area contributed by atoms with E-state index in [2.05, 4.69) is 15.9 Å². The average Bonchev–Trinajstić information content (AvgIpc) is 2.28.